The van der Waals surface area contributed by atoms with Crippen molar-refractivity contribution >= 4 is 11.7 Å². The molecule has 0 saturated heterocycles. The molecule has 6 heteroatoms. The molecule has 1 rings (SSSR count). The monoisotopic (exact) mass is 224 g/mol. The molecule has 2 N–H and O–H groups in total. The first-order valence-electron chi connectivity index (χ1n) is 4.75. The first-order valence-corrected chi connectivity index (χ1v) is 4.75. The minimum Gasteiger partial charge on any atom is -0.481 e. The van der Waals surface area contributed by atoms with Crippen LogP contribution in [0, 0.1) is 10.1 Å². The molecule has 0 aliphatic carbocycles. The highest BCUT2D eigenvalue weighted by Crippen LogP contribution is 2.12. The Hall–Kier alpha value is -1.95. The molecule has 0 heterocycles. The van der Waals surface area contributed by atoms with E-state index in [1.165, 1.54) is 12.1 Å². The van der Waals surface area contributed by atoms with Gasteiger partial charge >= 0.3 is 5.97 Å². The molecule has 0 aliphatic heterocycles. The van der Waals surface area contributed by atoms with Crippen molar-refractivity contribution in [3.05, 3.63) is 39.9 Å². The molecule has 0 atom stereocenters. The fourth-order valence-corrected chi connectivity index (χ4v) is 1.21. The van der Waals surface area contributed by atoms with E-state index in [4.69, 9.17) is 5.11 Å². The number of hydrogen-bond acceptors (Lipinski definition) is 4. The summed E-state index contributed by atoms with van der Waals surface area (Å²) in [5, 5.41) is 21.8. The number of carboxylic acid groups (broad SMARTS) is 1. The number of nitro groups is 1. The van der Waals surface area contributed by atoms with Crippen molar-refractivity contribution < 1.29 is 14.8 Å². The van der Waals surface area contributed by atoms with Crippen molar-refractivity contribution in [3.8, 4) is 0 Å². The lowest BCUT2D eigenvalue weighted by Crippen LogP contribution is -2.17. The Morgan fingerprint density at radius 1 is 1.50 bits per heavy atom. The van der Waals surface area contributed by atoms with Gasteiger partial charge in [0.15, 0.2) is 0 Å². The number of carbonyl (C=O) groups is 1. The average Bonchev–Trinajstić information content (AvgIpc) is 2.24. The van der Waals surface area contributed by atoms with Gasteiger partial charge in [0.25, 0.3) is 5.69 Å². The number of nitrogens with one attached hydrogen (secondary N) is 1. The second kappa shape index (κ2) is 5.82. The van der Waals surface area contributed by atoms with Gasteiger partial charge in [0.2, 0.25) is 0 Å². The highest BCUT2D eigenvalue weighted by Gasteiger charge is 2.05. The molecule has 0 bridgehead atoms. The van der Waals surface area contributed by atoms with Crippen LogP contribution in [0.5, 0.6) is 0 Å². The molecular formula is C10H12N2O4. The third kappa shape index (κ3) is 4.05. The fraction of sp³-hybridized carbons (Fsp3) is 0.300. The first-order chi connectivity index (χ1) is 7.59. The molecular weight excluding hydrogens is 212 g/mol. The molecule has 1 aromatic carbocycles. The number of non-ortho nitro benzene ring substituents is 1. The summed E-state index contributed by atoms with van der Waals surface area (Å²) in [6, 6.07) is 6.24. The number of rotatable bonds is 6. The van der Waals surface area contributed by atoms with Gasteiger partial charge in [-0.1, -0.05) is 12.1 Å². The zero-order chi connectivity index (χ0) is 12.0. The number of nitrogens with zero attached hydrogens (tertiary/aromatic N) is 1. The maximum absolute atomic E-state index is 10.5. The van der Waals surface area contributed by atoms with Crippen LogP contribution in [0.15, 0.2) is 24.3 Å². The molecule has 86 valence electrons. The van der Waals surface area contributed by atoms with Crippen molar-refractivity contribution in [1.82, 2.24) is 5.32 Å². The Balaban J connectivity index is 2.45. The molecule has 0 aromatic heterocycles. The maximum atomic E-state index is 10.5. The predicted octanol–water partition coefficient (Wildman–Crippen LogP) is 1.16. The predicted molar refractivity (Wildman–Crippen MR) is 57.1 cm³/mol. The van der Waals surface area contributed by atoms with Crippen molar-refractivity contribution in [2.75, 3.05) is 6.54 Å². The molecule has 0 spiro atoms. The molecule has 0 aliphatic rings. The summed E-state index contributed by atoms with van der Waals surface area (Å²) in [6.45, 7) is 0.771. The molecule has 16 heavy (non-hydrogen) atoms. The maximum Gasteiger partial charge on any atom is 0.304 e. The number of carboxylic acids is 1. The van der Waals surface area contributed by atoms with Gasteiger partial charge in [0.05, 0.1) is 11.3 Å². The van der Waals surface area contributed by atoms with Gasteiger partial charge in [-0.25, -0.2) is 0 Å². The quantitative estimate of drug-likeness (QED) is 0.429. The topological polar surface area (TPSA) is 92.5 Å². The second-order valence-corrected chi connectivity index (χ2v) is 3.25. The van der Waals surface area contributed by atoms with Gasteiger partial charge in [-0.2, -0.15) is 0 Å². The summed E-state index contributed by atoms with van der Waals surface area (Å²) in [4.78, 5) is 20.2. The van der Waals surface area contributed by atoms with Gasteiger partial charge < -0.3 is 10.4 Å². The zero-order valence-electron chi connectivity index (χ0n) is 8.55. The first kappa shape index (κ1) is 12.1. The lowest BCUT2D eigenvalue weighted by molar-refractivity contribution is -0.384. The van der Waals surface area contributed by atoms with Crippen LogP contribution >= 0.6 is 0 Å². The Labute approximate surface area is 92.0 Å². The van der Waals surface area contributed by atoms with Crippen LogP contribution < -0.4 is 5.32 Å². The largest absolute Gasteiger partial charge is 0.481 e. The number of hydrogen-bond donors (Lipinski definition) is 2. The third-order valence-electron chi connectivity index (χ3n) is 1.97. The molecule has 0 fully saturated rings. The number of benzene rings is 1. The van der Waals surface area contributed by atoms with Crippen molar-refractivity contribution in [2.45, 2.75) is 13.0 Å². The highest BCUT2D eigenvalue weighted by molar-refractivity contribution is 5.66. The van der Waals surface area contributed by atoms with Gasteiger partial charge in [-0.15, -0.1) is 0 Å². The summed E-state index contributed by atoms with van der Waals surface area (Å²) in [7, 11) is 0. The summed E-state index contributed by atoms with van der Waals surface area (Å²) in [6.07, 6.45) is 0.0366. The lowest BCUT2D eigenvalue weighted by Gasteiger charge is -2.02. The molecule has 0 amide bonds. The summed E-state index contributed by atoms with van der Waals surface area (Å²) in [5.41, 5.74) is 0.803. The molecule has 6 nitrogen and oxygen atoms in total. The summed E-state index contributed by atoms with van der Waals surface area (Å²) in [5.74, 6) is -0.869. The van der Waals surface area contributed by atoms with E-state index in [1.54, 1.807) is 12.1 Å². The Bertz CT molecular complexity index is 392. The standard InChI is InChI=1S/C10H12N2O4/c13-10(14)4-5-11-7-8-2-1-3-9(6-8)12(15)16/h1-3,6,11H,4-5,7H2,(H,13,14). The van der Waals surface area contributed by atoms with Crippen LogP contribution in [0.4, 0.5) is 5.69 Å². The molecule has 0 radical (unpaired) electrons. The zero-order valence-corrected chi connectivity index (χ0v) is 8.55. The van der Waals surface area contributed by atoms with E-state index < -0.39 is 10.9 Å². The third-order valence-corrected chi connectivity index (χ3v) is 1.97. The fourth-order valence-electron chi connectivity index (χ4n) is 1.21. The average molecular weight is 224 g/mol. The Kier molecular flexibility index (Phi) is 4.41. The molecule has 1 aromatic rings. The minimum atomic E-state index is -0.869. The lowest BCUT2D eigenvalue weighted by atomic mass is 10.2. The van der Waals surface area contributed by atoms with Gasteiger partial charge in [-0.3, -0.25) is 14.9 Å². The van der Waals surface area contributed by atoms with E-state index in [-0.39, 0.29) is 12.1 Å². The van der Waals surface area contributed by atoms with Gasteiger partial charge in [0.1, 0.15) is 0 Å². The van der Waals surface area contributed by atoms with Gasteiger partial charge in [0, 0.05) is 25.2 Å². The Morgan fingerprint density at radius 3 is 2.88 bits per heavy atom. The summed E-state index contributed by atoms with van der Waals surface area (Å²) >= 11 is 0. The highest BCUT2D eigenvalue weighted by atomic mass is 16.6. The van der Waals surface area contributed by atoms with Crippen LogP contribution in [-0.2, 0) is 11.3 Å². The van der Waals surface area contributed by atoms with E-state index in [1.807, 2.05) is 0 Å². The van der Waals surface area contributed by atoms with Crippen LogP contribution in [0.3, 0.4) is 0 Å². The van der Waals surface area contributed by atoms with E-state index in [2.05, 4.69) is 5.32 Å². The minimum absolute atomic E-state index is 0.0366. The molecule has 0 unspecified atom stereocenters. The van der Waals surface area contributed by atoms with Crippen LogP contribution in [0.2, 0.25) is 0 Å². The Morgan fingerprint density at radius 2 is 2.25 bits per heavy atom. The van der Waals surface area contributed by atoms with Crippen molar-refractivity contribution in [3.63, 3.8) is 0 Å². The normalized spacial score (nSPS) is 10.0. The SMILES string of the molecule is O=C(O)CCNCc1cccc([N+](=O)[O-])c1. The van der Waals surface area contributed by atoms with E-state index in [0.29, 0.717) is 13.1 Å². The van der Waals surface area contributed by atoms with Crippen molar-refractivity contribution in [1.29, 1.82) is 0 Å². The van der Waals surface area contributed by atoms with E-state index in [0.717, 1.165) is 5.56 Å². The van der Waals surface area contributed by atoms with Crippen LogP contribution in [0.25, 0.3) is 0 Å². The summed E-state index contributed by atoms with van der Waals surface area (Å²) < 4.78 is 0. The van der Waals surface area contributed by atoms with Crippen molar-refractivity contribution in [2.24, 2.45) is 0 Å². The molecule has 0 saturated carbocycles. The van der Waals surface area contributed by atoms with Crippen LogP contribution in [-0.4, -0.2) is 22.5 Å². The van der Waals surface area contributed by atoms with Crippen LogP contribution in [0.1, 0.15) is 12.0 Å². The second-order valence-electron chi connectivity index (χ2n) is 3.25. The number of nitro benzene ring substituents is 1. The van der Waals surface area contributed by atoms with Gasteiger partial charge in [-0.05, 0) is 5.56 Å². The number of aliphatic carboxylic acids is 1. The van der Waals surface area contributed by atoms with E-state index in [9.17, 15) is 14.9 Å². The van der Waals surface area contributed by atoms with E-state index >= 15 is 0 Å². The smallest absolute Gasteiger partial charge is 0.304 e.